The molecule has 1 aromatic rings. The van der Waals surface area contributed by atoms with Crippen LogP contribution in [-0.2, 0) is 0 Å². The third-order valence-corrected chi connectivity index (χ3v) is 2.01. The quantitative estimate of drug-likeness (QED) is 0.656. The van der Waals surface area contributed by atoms with Crippen molar-refractivity contribution in [2.75, 3.05) is 25.5 Å². The van der Waals surface area contributed by atoms with Gasteiger partial charge in [0.25, 0.3) is 0 Å². The smallest absolute Gasteiger partial charge is 0.319 e. The molecular formula is C11H17N3O2. The number of benzene rings is 1. The number of anilines is 1. The van der Waals surface area contributed by atoms with Gasteiger partial charge in [0.1, 0.15) is 5.75 Å². The molecule has 0 saturated carbocycles. The molecule has 0 saturated heterocycles. The third-order valence-electron chi connectivity index (χ3n) is 2.01. The first-order valence-corrected chi connectivity index (χ1v) is 5.15. The van der Waals surface area contributed by atoms with Crippen LogP contribution in [0.1, 0.15) is 6.42 Å². The summed E-state index contributed by atoms with van der Waals surface area (Å²) in [6, 6.07) is 6.91. The van der Waals surface area contributed by atoms with Gasteiger partial charge >= 0.3 is 6.03 Å². The van der Waals surface area contributed by atoms with Gasteiger partial charge in [0.05, 0.1) is 7.11 Å². The van der Waals surface area contributed by atoms with Crippen molar-refractivity contribution in [1.82, 2.24) is 5.32 Å². The molecule has 0 radical (unpaired) electrons. The van der Waals surface area contributed by atoms with Gasteiger partial charge in [-0.25, -0.2) is 4.79 Å². The van der Waals surface area contributed by atoms with Crippen molar-refractivity contribution in [3.05, 3.63) is 24.3 Å². The fourth-order valence-electron chi connectivity index (χ4n) is 1.15. The Bertz CT molecular complexity index is 325. The number of hydrogen-bond donors (Lipinski definition) is 3. The summed E-state index contributed by atoms with van der Waals surface area (Å²) in [4.78, 5) is 11.3. The van der Waals surface area contributed by atoms with Crippen LogP contribution in [0.3, 0.4) is 0 Å². The highest BCUT2D eigenvalue weighted by Gasteiger charge is 2.00. The van der Waals surface area contributed by atoms with Gasteiger partial charge in [0.2, 0.25) is 0 Å². The summed E-state index contributed by atoms with van der Waals surface area (Å²) >= 11 is 0. The van der Waals surface area contributed by atoms with E-state index in [1.807, 2.05) is 0 Å². The van der Waals surface area contributed by atoms with Gasteiger partial charge in [-0.3, -0.25) is 0 Å². The van der Waals surface area contributed by atoms with E-state index in [4.69, 9.17) is 10.5 Å². The lowest BCUT2D eigenvalue weighted by Crippen LogP contribution is -2.30. The second-order valence-electron chi connectivity index (χ2n) is 3.25. The van der Waals surface area contributed by atoms with E-state index in [1.54, 1.807) is 31.4 Å². The lowest BCUT2D eigenvalue weighted by molar-refractivity contribution is 0.252. The normalized spacial score (nSPS) is 9.62. The molecule has 0 aliphatic heterocycles. The average molecular weight is 223 g/mol. The van der Waals surface area contributed by atoms with Crippen molar-refractivity contribution < 1.29 is 9.53 Å². The fraction of sp³-hybridized carbons (Fsp3) is 0.364. The number of ether oxygens (including phenoxy) is 1. The molecule has 0 unspecified atom stereocenters. The number of rotatable bonds is 5. The van der Waals surface area contributed by atoms with Crippen LogP contribution in [0.4, 0.5) is 10.5 Å². The maximum Gasteiger partial charge on any atom is 0.319 e. The summed E-state index contributed by atoms with van der Waals surface area (Å²) < 4.78 is 5.01. The van der Waals surface area contributed by atoms with Gasteiger partial charge < -0.3 is 21.1 Å². The maximum atomic E-state index is 11.3. The predicted octanol–water partition coefficient (Wildman–Crippen LogP) is 1.17. The molecule has 4 N–H and O–H groups in total. The van der Waals surface area contributed by atoms with Crippen molar-refractivity contribution >= 4 is 11.7 Å². The van der Waals surface area contributed by atoms with Gasteiger partial charge in [0, 0.05) is 12.2 Å². The van der Waals surface area contributed by atoms with Gasteiger partial charge in [-0.2, -0.15) is 0 Å². The molecular weight excluding hydrogens is 206 g/mol. The Morgan fingerprint density at radius 3 is 2.62 bits per heavy atom. The minimum atomic E-state index is -0.224. The molecule has 0 spiro atoms. The van der Waals surface area contributed by atoms with E-state index in [-0.39, 0.29) is 6.03 Å². The van der Waals surface area contributed by atoms with Crippen molar-refractivity contribution in [1.29, 1.82) is 0 Å². The Balaban J connectivity index is 2.37. The molecule has 0 aromatic heterocycles. The summed E-state index contributed by atoms with van der Waals surface area (Å²) in [6.45, 7) is 1.15. The number of hydrogen-bond acceptors (Lipinski definition) is 3. The summed E-state index contributed by atoms with van der Waals surface area (Å²) in [5.74, 6) is 0.758. The molecule has 2 amide bonds. The molecule has 1 aromatic carbocycles. The Kier molecular flexibility index (Phi) is 5.15. The molecule has 1 rings (SSSR count). The van der Waals surface area contributed by atoms with Crippen molar-refractivity contribution in [2.24, 2.45) is 5.73 Å². The lowest BCUT2D eigenvalue weighted by Gasteiger charge is -2.07. The standard InChI is InChI=1S/C11H17N3O2/c1-16-10-5-3-9(4-6-10)14-11(15)13-8-2-7-12/h3-6H,2,7-8,12H2,1H3,(H2,13,14,15). The van der Waals surface area contributed by atoms with E-state index in [1.165, 1.54) is 0 Å². The van der Waals surface area contributed by atoms with E-state index in [2.05, 4.69) is 10.6 Å². The SMILES string of the molecule is COc1ccc(NC(=O)NCCCN)cc1. The monoisotopic (exact) mass is 223 g/mol. The Labute approximate surface area is 95.0 Å². The molecule has 88 valence electrons. The highest BCUT2D eigenvalue weighted by Crippen LogP contribution is 2.14. The second kappa shape index (κ2) is 6.68. The van der Waals surface area contributed by atoms with Crippen molar-refractivity contribution in [3.8, 4) is 5.75 Å². The Morgan fingerprint density at radius 2 is 2.06 bits per heavy atom. The molecule has 16 heavy (non-hydrogen) atoms. The highest BCUT2D eigenvalue weighted by molar-refractivity contribution is 5.89. The molecule has 0 atom stereocenters. The summed E-state index contributed by atoms with van der Waals surface area (Å²) in [5, 5.41) is 5.41. The molecule has 0 aliphatic carbocycles. The zero-order valence-electron chi connectivity index (χ0n) is 9.32. The number of nitrogens with one attached hydrogen (secondary N) is 2. The molecule has 0 bridgehead atoms. The van der Waals surface area contributed by atoms with Crippen molar-refractivity contribution in [3.63, 3.8) is 0 Å². The van der Waals surface area contributed by atoms with E-state index >= 15 is 0 Å². The first-order valence-electron chi connectivity index (χ1n) is 5.15. The maximum absolute atomic E-state index is 11.3. The van der Waals surface area contributed by atoms with Crippen LogP contribution in [0.2, 0.25) is 0 Å². The second-order valence-corrected chi connectivity index (χ2v) is 3.25. The first kappa shape index (κ1) is 12.3. The summed E-state index contributed by atoms with van der Waals surface area (Å²) in [7, 11) is 1.60. The summed E-state index contributed by atoms with van der Waals surface area (Å²) in [6.07, 6.45) is 0.774. The molecule has 5 heteroatoms. The number of nitrogens with two attached hydrogens (primary N) is 1. The molecule has 0 aliphatic rings. The van der Waals surface area contributed by atoms with Gasteiger partial charge in [-0.1, -0.05) is 0 Å². The topological polar surface area (TPSA) is 76.4 Å². The average Bonchev–Trinajstić information content (AvgIpc) is 2.30. The predicted molar refractivity (Wildman–Crippen MR) is 63.7 cm³/mol. The molecule has 0 heterocycles. The van der Waals surface area contributed by atoms with Crippen LogP contribution in [0.25, 0.3) is 0 Å². The summed E-state index contributed by atoms with van der Waals surface area (Å²) in [5.41, 5.74) is 6.04. The van der Waals surface area contributed by atoms with Crippen LogP contribution in [0.5, 0.6) is 5.75 Å². The first-order chi connectivity index (χ1) is 7.76. The van der Waals surface area contributed by atoms with Crippen LogP contribution in [0, 0.1) is 0 Å². The minimum absolute atomic E-state index is 0.224. The van der Waals surface area contributed by atoms with E-state index in [0.29, 0.717) is 13.1 Å². The number of amides is 2. The number of methoxy groups -OCH3 is 1. The number of urea groups is 1. The zero-order valence-corrected chi connectivity index (χ0v) is 9.32. The minimum Gasteiger partial charge on any atom is -0.497 e. The Hall–Kier alpha value is -1.75. The fourth-order valence-corrected chi connectivity index (χ4v) is 1.15. The van der Waals surface area contributed by atoms with Gasteiger partial charge in [-0.05, 0) is 37.2 Å². The van der Waals surface area contributed by atoms with Gasteiger partial charge in [-0.15, -0.1) is 0 Å². The van der Waals surface area contributed by atoms with Crippen LogP contribution >= 0.6 is 0 Å². The lowest BCUT2D eigenvalue weighted by atomic mass is 10.3. The van der Waals surface area contributed by atoms with Crippen LogP contribution < -0.4 is 21.1 Å². The van der Waals surface area contributed by atoms with E-state index in [0.717, 1.165) is 17.9 Å². The van der Waals surface area contributed by atoms with Crippen LogP contribution in [-0.4, -0.2) is 26.2 Å². The molecule has 0 fully saturated rings. The largest absolute Gasteiger partial charge is 0.497 e. The van der Waals surface area contributed by atoms with E-state index in [9.17, 15) is 4.79 Å². The number of carbonyl (C=O) groups excluding carboxylic acids is 1. The third kappa shape index (κ3) is 4.18. The van der Waals surface area contributed by atoms with Crippen molar-refractivity contribution in [2.45, 2.75) is 6.42 Å². The Morgan fingerprint density at radius 1 is 1.38 bits per heavy atom. The van der Waals surface area contributed by atoms with E-state index < -0.39 is 0 Å². The zero-order chi connectivity index (χ0) is 11.8. The highest BCUT2D eigenvalue weighted by atomic mass is 16.5. The van der Waals surface area contributed by atoms with Gasteiger partial charge in [0.15, 0.2) is 0 Å². The number of carbonyl (C=O) groups is 1. The molecule has 5 nitrogen and oxygen atoms in total. The van der Waals surface area contributed by atoms with Crippen LogP contribution in [0.15, 0.2) is 24.3 Å².